The molecule has 1 unspecified atom stereocenters. The van der Waals surface area contributed by atoms with Gasteiger partial charge in [-0.05, 0) is 38.8 Å². The van der Waals surface area contributed by atoms with Gasteiger partial charge < -0.3 is 15.7 Å². The van der Waals surface area contributed by atoms with Crippen molar-refractivity contribution in [2.24, 2.45) is 0 Å². The van der Waals surface area contributed by atoms with Gasteiger partial charge in [-0.1, -0.05) is 31.0 Å². The second kappa shape index (κ2) is 6.57. The van der Waals surface area contributed by atoms with Crippen molar-refractivity contribution in [1.82, 2.24) is 5.32 Å². The topological polar surface area (TPSA) is 61.4 Å². The number of anilines is 1. The number of amides is 2. The molecule has 0 aliphatic heterocycles. The largest absolute Gasteiger partial charge is 0.394 e. The van der Waals surface area contributed by atoms with Crippen molar-refractivity contribution < 1.29 is 9.90 Å². The summed E-state index contributed by atoms with van der Waals surface area (Å²) in [6.45, 7) is 7.78. The van der Waals surface area contributed by atoms with Crippen LogP contribution in [0.2, 0.25) is 0 Å². The number of aryl methyl sites for hydroxylation is 2. The molecular weight excluding hydrogens is 240 g/mol. The Morgan fingerprint density at radius 2 is 2.05 bits per heavy atom. The van der Waals surface area contributed by atoms with Crippen LogP contribution in [0.5, 0.6) is 0 Å². The zero-order chi connectivity index (χ0) is 14.5. The molecule has 106 valence electrons. The second-order valence-corrected chi connectivity index (χ2v) is 5.37. The van der Waals surface area contributed by atoms with Gasteiger partial charge in [0.05, 0.1) is 12.1 Å². The van der Waals surface area contributed by atoms with Crippen molar-refractivity contribution in [2.45, 2.75) is 46.1 Å². The Morgan fingerprint density at radius 3 is 2.58 bits per heavy atom. The number of carbonyl (C=O) groups excluding carboxylic acids is 1. The molecule has 0 radical (unpaired) electrons. The van der Waals surface area contributed by atoms with E-state index in [-0.39, 0.29) is 12.6 Å². The van der Waals surface area contributed by atoms with Crippen molar-refractivity contribution >= 4 is 11.7 Å². The molecule has 0 spiro atoms. The zero-order valence-electron chi connectivity index (χ0n) is 12.2. The molecule has 2 amide bonds. The van der Waals surface area contributed by atoms with E-state index in [1.165, 1.54) is 0 Å². The predicted molar refractivity (Wildman–Crippen MR) is 78.5 cm³/mol. The number of nitrogens with one attached hydrogen (secondary N) is 2. The van der Waals surface area contributed by atoms with Crippen LogP contribution in [-0.2, 0) is 0 Å². The fourth-order valence-corrected chi connectivity index (χ4v) is 2.11. The second-order valence-electron chi connectivity index (χ2n) is 5.37. The van der Waals surface area contributed by atoms with E-state index in [4.69, 9.17) is 0 Å². The molecule has 1 rings (SSSR count). The van der Waals surface area contributed by atoms with Crippen LogP contribution in [0.15, 0.2) is 18.2 Å². The Bertz CT molecular complexity index is 446. The first kappa shape index (κ1) is 15.5. The van der Waals surface area contributed by atoms with Crippen LogP contribution in [0, 0.1) is 13.8 Å². The van der Waals surface area contributed by atoms with Gasteiger partial charge in [-0.2, -0.15) is 0 Å². The van der Waals surface area contributed by atoms with Crippen LogP contribution in [0.1, 0.15) is 37.8 Å². The molecule has 4 heteroatoms. The van der Waals surface area contributed by atoms with Gasteiger partial charge in [0, 0.05) is 5.69 Å². The summed E-state index contributed by atoms with van der Waals surface area (Å²) in [6.07, 6.45) is 1.64. The quantitative estimate of drug-likeness (QED) is 0.765. The molecule has 0 saturated heterocycles. The Kier molecular flexibility index (Phi) is 5.36. The molecule has 1 aromatic carbocycles. The number of urea groups is 1. The fourth-order valence-electron chi connectivity index (χ4n) is 2.11. The minimum absolute atomic E-state index is 0.0683. The fraction of sp³-hybridized carbons (Fsp3) is 0.533. The van der Waals surface area contributed by atoms with E-state index in [1.54, 1.807) is 0 Å². The Morgan fingerprint density at radius 1 is 1.37 bits per heavy atom. The van der Waals surface area contributed by atoms with E-state index >= 15 is 0 Å². The molecule has 0 aliphatic rings. The lowest BCUT2D eigenvalue weighted by Crippen LogP contribution is -2.50. The van der Waals surface area contributed by atoms with Crippen molar-refractivity contribution in [3.05, 3.63) is 29.3 Å². The van der Waals surface area contributed by atoms with Crippen molar-refractivity contribution in [2.75, 3.05) is 11.9 Å². The average molecular weight is 264 g/mol. The number of hydrogen-bond donors (Lipinski definition) is 3. The molecular formula is C15H24N2O2. The van der Waals surface area contributed by atoms with Gasteiger partial charge in [-0.15, -0.1) is 0 Å². The Labute approximate surface area is 115 Å². The van der Waals surface area contributed by atoms with Crippen LogP contribution in [-0.4, -0.2) is 23.3 Å². The molecule has 0 aromatic heterocycles. The maximum Gasteiger partial charge on any atom is 0.319 e. The molecule has 3 N–H and O–H groups in total. The number of aliphatic hydroxyl groups excluding tert-OH is 1. The maximum atomic E-state index is 12.0. The standard InChI is InChI=1S/C15H24N2O2/c1-5-8-15(4,10-18)17-14(19)16-13-7-6-11(2)9-12(13)3/h6-7,9,18H,5,8,10H2,1-4H3,(H2,16,17,19). The van der Waals surface area contributed by atoms with Crippen molar-refractivity contribution in [3.8, 4) is 0 Å². The molecule has 0 bridgehead atoms. The minimum atomic E-state index is -0.572. The summed E-state index contributed by atoms with van der Waals surface area (Å²) in [4.78, 5) is 12.0. The summed E-state index contributed by atoms with van der Waals surface area (Å²) in [5.41, 5.74) is 2.41. The SMILES string of the molecule is CCCC(C)(CO)NC(=O)Nc1ccc(C)cc1C. The summed E-state index contributed by atoms with van der Waals surface area (Å²) in [5.74, 6) is 0. The van der Waals surface area contributed by atoms with Crippen LogP contribution >= 0.6 is 0 Å². The number of rotatable bonds is 5. The summed E-state index contributed by atoms with van der Waals surface area (Å²) < 4.78 is 0. The molecule has 0 fully saturated rings. The van der Waals surface area contributed by atoms with E-state index in [1.807, 2.05) is 45.9 Å². The highest BCUT2D eigenvalue weighted by Gasteiger charge is 2.24. The van der Waals surface area contributed by atoms with E-state index < -0.39 is 5.54 Å². The Hall–Kier alpha value is -1.55. The summed E-state index contributed by atoms with van der Waals surface area (Å²) in [6, 6.07) is 5.59. The first-order chi connectivity index (χ1) is 8.90. The van der Waals surface area contributed by atoms with E-state index in [2.05, 4.69) is 10.6 Å². The molecule has 0 saturated carbocycles. The number of benzene rings is 1. The highest BCUT2D eigenvalue weighted by atomic mass is 16.3. The van der Waals surface area contributed by atoms with Gasteiger partial charge in [-0.3, -0.25) is 0 Å². The van der Waals surface area contributed by atoms with Crippen LogP contribution in [0.4, 0.5) is 10.5 Å². The summed E-state index contributed by atoms with van der Waals surface area (Å²) >= 11 is 0. The predicted octanol–water partition coefficient (Wildman–Crippen LogP) is 2.98. The number of hydrogen-bond acceptors (Lipinski definition) is 2. The van der Waals surface area contributed by atoms with Gasteiger partial charge in [-0.25, -0.2) is 4.79 Å². The maximum absolute atomic E-state index is 12.0. The first-order valence-electron chi connectivity index (χ1n) is 6.67. The molecule has 19 heavy (non-hydrogen) atoms. The van der Waals surface area contributed by atoms with Crippen molar-refractivity contribution in [3.63, 3.8) is 0 Å². The van der Waals surface area contributed by atoms with Gasteiger partial charge >= 0.3 is 6.03 Å². The third-order valence-corrected chi connectivity index (χ3v) is 3.20. The lowest BCUT2D eigenvalue weighted by atomic mass is 9.97. The average Bonchev–Trinajstić information content (AvgIpc) is 2.33. The highest BCUT2D eigenvalue weighted by Crippen LogP contribution is 2.17. The third kappa shape index (κ3) is 4.56. The van der Waals surface area contributed by atoms with E-state index in [0.717, 1.165) is 29.7 Å². The molecule has 1 atom stereocenters. The molecule has 0 heterocycles. The number of aliphatic hydroxyl groups is 1. The van der Waals surface area contributed by atoms with E-state index in [9.17, 15) is 9.90 Å². The highest BCUT2D eigenvalue weighted by molar-refractivity contribution is 5.90. The zero-order valence-corrected chi connectivity index (χ0v) is 12.2. The molecule has 0 aliphatic carbocycles. The molecule has 4 nitrogen and oxygen atoms in total. The summed E-state index contributed by atoms with van der Waals surface area (Å²) in [5, 5.41) is 15.0. The first-order valence-corrected chi connectivity index (χ1v) is 6.67. The van der Waals surface area contributed by atoms with Gasteiger partial charge in [0.25, 0.3) is 0 Å². The van der Waals surface area contributed by atoms with Gasteiger partial charge in [0.2, 0.25) is 0 Å². The normalized spacial score (nSPS) is 13.7. The van der Waals surface area contributed by atoms with E-state index in [0.29, 0.717) is 0 Å². The number of carbonyl (C=O) groups is 1. The smallest absolute Gasteiger partial charge is 0.319 e. The van der Waals surface area contributed by atoms with Crippen LogP contribution in [0.25, 0.3) is 0 Å². The van der Waals surface area contributed by atoms with Crippen molar-refractivity contribution in [1.29, 1.82) is 0 Å². The van der Waals surface area contributed by atoms with Crippen LogP contribution < -0.4 is 10.6 Å². The Balaban J connectivity index is 2.69. The lowest BCUT2D eigenvalue weighted by Gasteiger charge is -2.28. The summed E-state index contributed by atoms with van der Waals surface area (Å²) in [7, 11) is 0. The minimum Gasteiger partial charge on any atom is -0.394 e. The van der Waals surface area contributed by atoms with Gasteiger partial charge in [0.1, 0.15) is 0 Å². The lowest BCUT2D eigenvalue weighted by molar-refractivity contribution is 0.167. The molecule has 1 aromatic rings. The monoisotopic (exact) mass is 264 g/mol. The third-order valence-electron chi connectivity index (χ3n) is 3.20. The van der Waals surface area contributed by atoms with Crippen LogP contribution in [0.3, 0.4) is 0 Å². The van der Waals surface area contributed by atoms with Gasteiger partial charge in [0.15, 0.2) is 0 Å².